The molecule has 5 nitrogen and oxygen atoms in total. The van der Waals surface area contributed by atoms with Crippen LogP contribution in [0.5, 0.6) is 11.5 Å². The van der Waals surface area contributed by atoms with Crippen molar-refractivity contribution >= 4 is 0 Å². The molecule has 0 bridgehead atoms. The number of nitrogens with zero attached hydrogens (tertiary/aromatic N) is 1. The van der Waals surface area contributed by atoms with E-state index in [1.165, 1.54) is 12.1 Å². The van der Waals surface area contributed by atoms with Gasteiger partial charge in [0.1, 0.15) is 36.6 Å². The van der Waals surface area contributed by atoms with Gasteiger partial charge in [0.2, 0.25) is 0 Å². The lowest BCUT2D eigenvalue weighted by molar-refractivity contribution is -0.0665. The average Bonchev–Trinajstić information content (AvgIpc) is 2.85. The third kappa shape index (κ3) is 4.60. The highest BCUT2D eigenvalue weighted by atomic mass is 19.1. The standard InChI is InChI=1S/C27H28FNO4/c28-21-8-6-20(7-9-21)27(31)12-14-29(15-13-27)24-18-33-25-16-22(10-11-23(25)26(24)30)32-17-19-4-2-1-3-5-19/h1-11,16,24,26,30-31H,12-15,17-18H2. The van der Waals surface area contributed by atoms with Crippen molar-refractivity contribution in [1.82, 2.24) is 4.90 Å². The molecule has 2 aliphatic rings. The van der Waals surface area contributed by atoms with Crippen molar-refractivity contribution in [3.05, 3.63) is 95.3 Å². The monoisotopic (exact) mass is 449 g/mol. The van der Waals surface area contributed by atoms with Gasteiger partial charge in [0.15, 0.2) is 0 Å². The van der Waals surface area contributed by atoms with Crippen molar-refractivity contribution in [2.45, 2.75) is 37.2 Å². The maximum atomic E-state index is 13.3. The van der Waals surface area contributed by atoms with E-state index in [0.717, 1.165) is 16.7 Å². The Hall–Kier alpha value is -2.93. The summed E-state index contributed by atoms with van der Waals surface area (Å²) in [6.45, 7) is 2.07. The Bertz CT molecular complexity index is 1080. The van der Waals surface area contributed by atoms with Crippen LogP contribution in [-0.2, 0) is 12.2 Å². The fourth-order valence-corrected chi connectivity index (χ4v) is 4.77. The van der Waals surface area contributed by atoms with E-state index < -0.39 is 11.7 Å². The van der Waals surface area contributed by atoms with Crippen molar-refractivity contribution in [3.8, 4) is 11.5 Å². The molecule has 1 saturated heterocycles. The fourth-order valence-electron chi connectivity index (χ4n) is 4.77. The lowest BCUT2D eigenvalue weighted by atomic mass is 9.83. The molecule has 2 heterocycles. The number of fused-ring (bicyclic) bond motifs is 1. The number of aliphatic hydroxyl groups is 2. The molecule has 172 valence electrons. The molecular formula is C27H28FNO4. The first-order chi connectivity index (χ1) is 16.0. The molecule has 2 unspecified atom stereocenters. The molecule has 2 N–H and O–H groups in total. The Morgan fingerprint density at radius 1 is 1.00 bits per heavy atom. The number of halogens is 1. The summed E-state index contributed by atoms with van der Waals surface area (Å²) in [5.74, 6) is 1.03. The van der Waals surface area contributed by atoms with E-state index in [1.807, 2.05) is 48.5 Å². The summed E-state index contributed by atoms with van der Waals surface area (Å²) >= 11 is 0. The van der Waals surface area contributed by atoms with E-state index in [1.54, 1.807) is 12.1 Å². The summed E-state index contributed by atoms with van der Waals surface area (Å²) in [7, 11) is 0. The van der Waals surface area contributed by atoms with E-state index >= 15 is 0 Å². The Balaban J connectivity index is 1.22. The zero-order chi connectivity index (χ0) is 22.8. The first-order valence-electron chi connectivity index (χ1n) is 11.4. The van der Waals surface area contributed by atoms with Gasteiger partial charge in [-0.3, -0.25) is 4.90 Å². The average molecular weight is 450 g/mol. The first kappa shape index (κ1) is 21.9. The van der Waals surface area contributed by atoms with Crippen LogP contribution in [0.1, 0.15) is 35.6 Å². The molecule has 0 radical (unpaired) electrons. The molecule has 2 atom stereocenters. The van der Waals surface area contributed by atoms with E-state index in [4.69, 9.17) is 9.47 Å². The molecule has 0 saturated carbocycles. The Kier molecular flexibility index (Phi) is 6.06. The van der Waals surface area contributed by atoms with E-state index in [-0.39, 0.29) is 11.9 Å². The SMILES string of the molecule is OC1c2ccc(OCc3ccccc3)cc2OCC1N1CCC(O)(c2ccc(F)cc2)CC1. The second-order valence-electron chi connectivity index (χ2n) is 8.87. The summed E-state index contributed by atoms with van der Waals surface area (Å²) in [5.41, 5.74) is 1.59. The van der Waals surface area contributed by atoms with Crippen LogP contribution < -0.4 is 9.47 Å². The molecule has 3 aromatic rings. The molecule has 33 heavy (non-hydrogen) atoms. The number of hydrogen-bond donors (Lipinski definition) is 2. The van der Waals surface area contributed by atoms with E-state index in [9.17, 15) is 14.6 Å². The number of aliphatic hydroxyl groups excluding tert-OH is 1. The fraction of sp³-hybridized carbons (Fsp3) is 0.333. The highest BCUT2D eigenvalue weighted by Crippen LogP contribution is 2.40. The quantitative estimate of drug-likeness (QED) is 0.612. The third-order valence-electron chi connectivity index (χ3n) is 6.80. The van der Waals surface area contributed by atoms with Gasteiger partial charge in [-0.25, -0.2) is 4.39 Å². The molecule has 0 aliphatic carbocycles. The van der Waals surface area contributed by atoms with Crippen molar-refractivity contribution in [2.75, 3.05) is 19.7 Å². The minimum Gasteiger partial charge on any atom is -0.491 e. The molecule has 5 rings (SSSR count). The van der Waals surface area contributed by atoms with Crippen molar-refractivity contribution in [2.24, 2.45) is 0 Å². The molecule has 0 amide bonds. The number of benzene rings is 3. The number of likely N-dealkylation sites (tertiary alicyclic amines) is 1. The maximum absolute atomic E-state index is 13.3. The highest BCUT2D eigenvalue weighted by molar-refractivity contribution is 5.44. The first-order valence-corrected chi connectivity index (χ1v) is 11.4. The van der Waals surface area contributed by atoms with Crippen LogP contribution in [0.2, 0.25) is 0 Å². The van der Waals surface area contributed by atoms with Crippen LogP contribution in [0.4, 0.5) is 4.39 Å². The summed E-state index contributed by atoms with van der Waals surface area (Å²) in [6.07, 6.45) is 0.344. The lowest BCUT2D eigenvalue weighted by Gasteiger charge is -2.44. The summed E-state index contributed by atoms with van der Waals surface area (Å²) in [5, 5.41) is 22.2. The van der Waals surface area contributed by atoms with Crippen LogP contribution >= 0.6 is 0 Å². The predicted molar refractivity (Wildman–Crippen MR) is 123 cm³/mol. The third-order valence-corrected chi connectivity index (χ3v) is 6.80. The van der Waals surface area contributed by atoms with Gasteiger partial charge in [0.25, 0.3) is 0 Å². The van der Waals surface area contributed by atoms with Crippen LogP contribution in [0, 0.1) is 5.82 Å². The molecule has 3 aromatic carbocycles. The van der Waals surface area contributed by atoms with Crippen LogP contribution in [0.25, 0.3) is 0 Å². The minimum absolute atomic E-state index is 0.189. The molecule has 0 aromatic heterocycles. The van der Waals surface area contributed by atoms with Crippen LogP contribution in [0.3, 0.4) is 0 Å². The van der Waals surface area contributed by atoms with Gasteiger partial charge >= 0.3 is 0 Å². The summed E-state index contributed by atoms with van der Waals surface area (Å²) in [4.78, 5) is 2.17. The van der Waals surface area contributed by atoms with E-state index in [2.05, 4.69) is 4.90 Å². The normalized spacial score (nSPS) is 22.3. The van der Waals surface area contributed by atoms with Crippen molar-refractivity contribution in [3.63, 3.8) is 0 Å². The summed E-state index contributed by atoms with van der Waals surface area (Å²) in [6, 6.07) is 21.4. The number of ether oxygens (including phenoxy) is 2. The molecular weight excluding hydrogens is 421 g/mol. The maximum Gasteiger partial charge on any atom is 0.128 e. The van der Waals surface area contributed by atoms with Gasteiger partial charge in [-0.1, -0.05) is 42.5 Å². The molecule has 6 heteroatoms. The number of piperidine rings is 1. The Morgan fingerprint density at radius 2 is 1.73 bits per heavy atom. The minimum atomic E-state index is -0.979. The number of hydrogen-bond acceptors (Lipinski definition) is 5. The second-order valence-corrected chi connectivity index (χ2v) is 8.87. The van der Waals surface area contributed by atoms with Gasteiger partial charge in [0.05, 0.1) is 11.6 Å². The van der Waals surface area contributed by atoms with Gasteiger partial charge in [-0.15, -0.1) is 0 Å². The smallest absolute Gasteiger partial charge is 0.128 e. The zero-order valence-corrected chi connectivity index (χ0v) is 18.4. The largest absolute Gasteiger partial charge is 0.491 e. The zero-order valence-electron chi connectivity index (χ0n) is 18.4. The Labute approximate surface area is 193 Å². The lowest BCUT2D eigenvalue weighted by Crippen LogP contribution is -2.52. The predicted octanol–water partition coefficient (Wildman–Crippen LogP) is 4.18. The van der Waals surface area contributed by atoms with Crippen molar-refractivity contribution < 1.29 is 24.1 Å². The highest BCUT2D eigenvalue weighted by Gasteiger charge is 2.40. The van der Waals surface area contributed by atoms with Gasteiger partial charge < -0.3 is 19.7 Å². The van der Waals surface area contributed by atoms with E-state index in [0.29, 0.717) is 50.6 Å². The Morgan fingerprint density at radius 3 is 2.45 bits per heavy atom. The van der Waals surface area contributed by atoms with Crippen molar-refractivity contribution in [1.29, 1.82) is 0 Å². The number of rotatable bonds is 5. The molecule has 2 aliphatic heterocycles. The van der Waals surface area contributed by atoms with Crippen LogP contribution in [0.15, 0.2) is 72.8 Å². The molecule has 1 fully saturated rings. The summed E-state index contributed by atoms with van der Waals surface area (Å²) < 4.78 is 25.2. The van der Waals surface area contributed by atoms with Gasteiger partial charge in [-0.05, 0) is 48.2 Å². The van der Waals surface area contributed by atoms with Gasteiger partial charge in [-0.2, -0.15) is 0 Å². The molecule has 0 spiro atoms. The van der Waals surface area contributed by atoms with Crippen LogP contribution in [-0.4, -0.2) is 40.9 Å². The second kappa shape index (κ2) is 9.14. The topological polar surface area (TPSA) is 62.2 Å². The van der Waals surface area contributed by atoms with Gasteiger partial charge in [0, 0.05) is 24.7 Å².